The van der Waals surface area contributed by atoms with Gasteiger partial charge in [0.05, 0.1) is 19.3 Å². The van der Waals surface area contributed by atoms with E-state index in [0.29, 0.717) is 29.6 Å². The van der Waals surface area contributed by atoms with Crippen LogP contribution in [0.3, 0.4) is 0 Å². The molecule has 150 valence electrons. The zero-order valence-corrected chi connectivity index (χ0v) is 17.0. The minimum absolute atomic E-state index is 0.279. The number of nitrogens with zero attached hydrogens (tertiary/aromatic N) is 1. The predicted molar refractivity (Wildman–Crippen MR) is 107 cm³/mol. The zero-order chi connectivity index (χ0) is 20.7. The van der Waals surface area contributed by atoms with E-state index in [0.717, 1.165) is 0 Å². The second-order valence-corrected chi connectivity index (χ2v) is 7.00. The highest BCUT2D eigenvalue weighted by molar-refractivity contribution is 5.93. The number of amides is 1. The van der Waals surface area contributed by atoms with Crippen LogP contribution in [0.4, 0.5) is 0 Å². The Labute approximate surface area is 166 Å². The maximum atomic E-state index is 12.7. The van der Waals surface area contributed by atoms with Gasteiger partial charge < -0.3 is 19.1 Å². The Kier molecular flexibility index (Phi) is 7.44. The van der Waals surface area contributed by atoms with Crippen LogP contribution in [0.15, 0.2) is 48.5 Å². The predicted octanol–water partition coefficient (Wildman–Crippen LogP) is 3.72. The molecule has 0 unspecified atom stereocenters. The van der Waals surface area contributed by atoms with Gasteiger partial charge in [0.25, 0.3) is 5.91 Å². The monoisotopic (exact) mass is 385 g/mol. The van der Waals surface area contributed by atoms with Crippen molar-refractivity contribution in [2.75, 3.05) is 27.8 Å². The van der Waals surface area contributed by atoms with Crippen molar-refractivity contribution in [3.8, 4) is 11.5 Å². The van der Waals surface area contributed by atoms with E-state index >= 15 is 0 Å². The number of carbonyl (C=O) groups excluding carboxylic acids is 2. The topological polar surface area (TPSA) is 65.1 Å². The molecule has 1 amide bonds. The highest BCUT2D eigenvalue weighted by atomic mass is 16.5. The normalized spacial score (nSPS) is 11.6. The van der Waals surface area contributed by atoms with E-state index in [1.165, 1.54) is 12.0 Å². The maximum Gasteiger partial charge on any atom is 0.339 e. The number of methoxy groups -OCH3 is 1. The number of carbonyl (C=O) groups is 2. The summed E-state index contributed by atoms with van der Waals surface area (Å²) >= 11 is 0. The van der Waals surface area contributed by atoms with Crippen LogP contribution in [0.1, 0.15) is 35.9 Å². The molecule has 0 spiro atoms. The van der Waals surface area contributed by atoms with E-state index in [2.05, 4.69) is 0 Å². The lowest BCUT2D eigenvalue weighted by Crippen LogP contribution is -2.31. The number of hydrogen-bond acceptors (Lipinski definition) is 5. The van der Waals surface area contributed by atoms with Crippen LogP contribution >= 0.6 is 0 Å². The quantitative estimate of drug-likeness (QED) is 0.648. The van der Waals surface area contributed by atoms with Gasteiger partial charge in [-0.2, -0.15) is 0 Å². The molecule has 0 aliphatic heterocycles. The number of ether oxygens (including phenoxy) is 3. The van der Waals surface area contributed by atoms with Gasteiger partial charge in [0.2, 0.25) is 6.10 Å². The lowest BCUT2D eigenvalue weighted by molar-refractivity contribution is -0.138. The summed E-state index contributed by atoms with van der Waals surface area (Å²) in [4.78, 5) is 26.6. The summed E-state index contributed by atoms with van der Waals surface area (Å²) in [5.41, 5.74) is 0.889. The summed E-state index contributed by atoms with van der Waals surface area (Å²) in [6.45, 7) is 4.63. The summed E-state index contributed by atoms with van der Waals surface area (Å²) in [6.07, 6.45) is -1.02. The lowest BCUT2D eigenvalue weighted by Gasteiger charge is -2.21. The number of rotatable bonds is 8. The Hall–Kier alpha value is -3.02. The van der Waals surface area contributed by atoms with Gasteiger partial charge >= 0.3 is 5.97 Å². The number of esters is 1. The summed E-state index contributed by atoms with van der Waals surface area (Å²) in [7, 11) is 4.75. The third kappa shape index (κ3) is 5.49. The molecule has 0 aromatic heterocycles. The van der Waals surface area contributed by atoms with Crippen molar-refractivity contribution in [2.24, 2.45) is 5.92 Å². The Morgan fingerprint density at radius 3 is 2.25 bits per heavy atom. The fourth-order valence-electron chi connectivity index (χ4n) is 2.47. The van der Waals surface area contributed by atoms with Crippen LogP contribution in [0.2, 0.25) is 0 Å². The Morgan fingerprint density at radius 2 is 1.68 bits per heavy atom. The van der Waals surface area contributed by atoms with Crippen molar-refractivity contribution >= 4 is 11.9 Å². The van der Waals surface area contributed by atoms with Gasteiger partial charge in [0.1, 0.15) is 0 Å². The van der Waals surface area contributed by atoms with Crippen LogP contribution in [0.5, 0.6) is 11.5 Å². The highest BCUT2D eigenvalue weighted by Gasteiger charge is 2.27. The zero-order valence-electron chi connectivity index (χ0n) is 17.0. The first-order valence-corrected chi connectivity index (χ1v) is 9.11. The van der Waals surface area contributed by atoms with Crippen LogP contribution in [0.25, 0.3) is 0 Å². The van der Waals surface area contributed by atoms with E-state index in [9.17, 15) is 9.59 Å². The van der Waals surface area contributed by atoms with Crippen LogP contribution in [0, 0.1) is 5.92 Å². The SMILES string of the molecule is COc1cc(C(=O)O[C@H](C(=O)N(C)C)c2ccccc2)ccc1OCC(C)C. The van der Waals surface area contributed by atoms with Crippen molar-refractivity contribution in [1.29, 1.82) is 0 Å². The maximum absolute atomic E-state index is 12.7. The van der Waals surface area contributed by atoms with Crippen molar-refractivity contribution in [1.82, 2.24) is 4.90 Å². The number of hydrogen-bond donors (Lipinski definition) is 0. The van der Waals surface area contributed by atoms with Gasteiger partial charge in [0, 0.05) is 19.7 Å². The first-order valence-electron chi connectivity index (χ1n) is 9.11. The largest absolute Gasteiger partial charge is 0.493 e. The van der Waals surface area contributed by atoms with Crippen molar-refractivity contribution < 1.29 is 23.8 Å². The summed E-state index contributed by atoms with van der Waals surface area (Å²) in [5, 5.41) is 0. The van der Waals surface area contributed by atoms with E-state index in [-0.39, 0.29) is 11.5 Å². The van der Waals surface area contributed by atoms with Gasteiger partial charge in [-0.15, -0.1) is 0 Å². The third-order valence-electron chi connectivity index (χ3n) is 3.96. The summed E-state index contributed by atoms with van der Waals surface area (Å²) < 4.78 is 16.6. The molecule has 0 bridgehead atoms. The third-order valence-corrected chi connectivity index (χ3v) is 3.96. The fraction of sp³-hybridized carbons (Fsp3) is 0.364. The minimum atomic E-state index is -1.02. The van der Waals surface area contributed by atoms with Gasteiger partial charge in [-0.05, 0) is 24.1 Å². The molecule has 2 rings (SSSR count). The Balaban J connectivity index is 2.24. The Morgan fingerprint density at radius 1 is 1.00 bits per heavy atom. The minimum Gasteiger partial charge on any atom is -0.493 e. The standard InChI is InChI=1S/C22H27NO5/c1-15(2)14-27-18-12-11-17(13-19(18)26-5)22(25)28-20(21(24)23(3)4)16-9-7-6-8-10-16/h6-13,15,20H,14H2,1-5H3/t20-/m0/s1. The van der Waals surface area contributed by atoms with Gasteiger partial charge in [-0.1, -0.05) is 44.2 Å². The van der Waals surface area contributed by atoms with E-state index in [1.807, 2.05) is 19.9 Å². The molecule has 0 N–H and O–H groups in total. The molecule has 0 saturated carbocycles. The molecule has 0 aliphatic carbocycles. The van der Waals surface area contributed by atoms with Crippen molar-refractivity contribution in [3.05, 3.63) is 59.7 Å². The molecule has 6 heteroatoms. The van der Waals surface area contributed by atoms with Gasteiger partial charge in [-0.25, -0.2) is 4.79 Å². The van der Waals surface area contributed by atoms with Crippen LogP contribution in [-0.2, 0) is 9.53 Å². The first kappa shape index (κ1) is 21.3. The molecule has 1 atom stereocenters. The first-order chi connectivity index (χ1) is 13.3. The highest BCUT2D eigenvalue weighted by Crippen LogP contribution is 2.30. The van der Waals surface area contributed by atoms with Gasteiger partial charge in [-0.3, -0.25) is 4.79 Å². The van der Waals surface area contributed by atoms with E-state index in [1.54, 1.807) is 56.6 Å². The Bertz CT molecular complexity index is 802. The molecular formula is C22H27NO5. The van der Waals surface area contributed by atoms with E-state index < -0.39 is 12.1 Å². The molecule has 0 aliphatic rings. The smallest absolute Gasteiger partial charge is 0.339 e. The summed E-state index contributed by atoms with van der Waals surface area (Å²) in [6, 6.07) is 13.8. The molecule has 0 heterocycles. The average Bonchev–Trinajstić information content (AvgIpc) is 2.70. The molecule has 0 saturated heterocycles. The van der Waals surface area contributed by atoms with Crippen LogP contribution < -0.4 is 9.47 Å². The number of benzene rings is 2. The molecule has 6 nitrogen and oxygen atoms in total. The fourth-order valence-corrected chi connectivity index (χ4v) is 2.47. The van der Waals surface area contributed by atoms with E-state index in [4.69, 9.17) is 14.2 Å². The average molecular weight is 385 g/mol. The molecule has 2 aromatic carbocycles. The second kappa shape index (κ2) is 9.78. The summed E-state index contributed by atoms with van der Waals surface area (Å²) in [5.74, 6) is 0.418. The lowest BCUT2D eigenvalue weighted by atomic mass is 10.1. The van der Waals surface area contributed by atoms with Gasteiger partial charge in [0.15, 0.2) is 11.5 Å². The molecule has 28 heavy (non-hydrogen) atoms. The second-order valence-electron chi connectivity index (χ2n) is 7.00. The molecule has 0 fully saturated rings. The molecule has 0 radical (unpaired) electrons. The van der Waals surface area contributed by atoms with Crippen molar-refractivity contribution in [2.45, 2.75) is 20.0 Å². The molecule has 2 aromatic rings. The number of likely N-dealkylation sites (N-methyl/N-ethyl adjacent to an activating group) is 1. The molecular weight excluding hydrogens is 358 g/mol. The van der Waals surface area contributed by atoms with Crippen LogP contribution in [-0.4, -0.2) is 44.6 Å². The van der Waals surface area contributed by atoms with Crippen molar-refractivity contribution in [3.63, 3.8) is 0 Å².